The van der Waals surface area contributed by atoms with Crippen molar-refractivity contribution in [1.29, 1.82) is 0 Å². The molecule has 0 bridgehead atoms. The lowest BCUT2D eigenvalue weighted by Gasteiger charge is -2.23. The number of rotatable bonds is 5. The standard InChI is InChI=1S/C15H16BrClN2S/c1-2-13(18)15(11-5-3-4-6-12(11)17)20-14-8-7-10(16)9-19-14/h3-9,13,15H,2,18H2,1H3. The van der Waals surface area contributed by atoms with Gasteiger partial charge in [-0.25, -0.2) is 4.98 Å². The topological polar surface area (TPSA) is 38.9 Å². The second-order valence-electron chi connectivity index (χ2n) is 4.45. The molecule has 1 heterocycles. The summed E-state index contributed by atoms with van der Waals surface area (Å²) in [6.07, 6.45) is 2.68. The van der Waals surface area contributed by atoms with E-state index < -0.39 is 0 Å². The van der Waals surface area contributed by atoms with Crippen LogP contribution in [0.5, 0.6) is 0 Å². The molecule has 1 aromatic carbocycles. The zero-order valence-corrected chi connectivity index (χ0v) is 14.3. The highest BCUT2D eigenvalue weighted by molar-refractivity contribution is 9.10. The largest absolute Gasteiger partial charge is 0.326 e. The molecule has 0 aliphatic heterocycles. The van der Waals surface area contributed by atoms with Crippen LogP contribution in [0.2, 0.25) is 5.02 Å². The zero-order chi connectivity index (χ0) is 14.5. The Morgan fingerprint density at radius 3 is 2.65 bits per heavy atom. The van der Waals surface area contributed by atoms with Crippen LogP contribution < -0.4 is 5.73 Å². The van der Waals surface area contributed by atoms with Crippen LogP contribution in [0.25, 0.3) is 0 Å². The van der Waals surface area contributed by atoms with Gasteiger partial charge in [-0.3, -0.25) is 0 Å². The van der Waals surface area contributed by atoms with E-state index in [-0.39, 0.29) is 11.3 Å². The van der Waals surface area contributed by atoms with Crippen molar-refractivity contribution < 1.29 is 0 Å². The minimum absolute atomic E-state index is 0.0327. The Morgan fingerprint density at radius 2 is 2.05 bits per heavy atom. The number of pyridine rings is 1. The molecule has 2 aromatic rings. The van der Waals surface area contributed by atoms with Crippen LogP contribution in [-0.4, -0.2) is 11.0 Å². The summed E-state index contributed by atoms with van der Waals surface area (Å²) >= 11 is 11.4. The number of nitrogens with zero attached hydrogens (tertiary/aromatic N) is 1. The average Bonchev–Trinajstić information content (AvgIpc) is 2.47. The van der Waals surface area contributed by atoms with Crippen LogP contribution in [0.15, 0.2) is 52.1 Å². The maximum absolute atomic E-state index is 6.31. The summed E-state index contributed by atoms with van der Waals surface area (Å²) in [6, 6.07) is 11.9. The van der Waals surface area contributed by atoms with Gasteiger partial charge in [-0.15, -0.1) is 0 Å². The van der Waals surface area contributed by atoms with E-state index in [0.717, 1.165) is 26.5 Å². The molecule has 0 fully saturated rings. The molecule has 0 saturated carbocycles. The predicted molar refractivity (Wildman–Crippen MR) is 90.3 cm³/mol. The van der Waals surface area contributed by atoms with Gasteiger partial charge in [-0.05, 0) is 46.1 Å². The monoisotopic (exact) mass is 370 g/mol. The Bertz CT molecular complexity index is 562. The lowest BCUT2D eigenvalue weighted by Crippen LogP contribution is -2.25. The van der Waals surface area contributed by atoms with E-state index in [9.17, 15) is 0 Å². The van der Waals surface area contributed by atoms with E-state index >= 15 is 0 Å². The van der Waals surface area contributed by atoms with E-state index in [2.05, 4.69) is 27.8 Å². The molecule has 106 valence electrons. The molecule has 0 radical (unpaired) electrons. The number of hydrogen-bond acceptors (Lipinski definition) is 3. The lowest BCUT2D eigenvalue weighted by atomic mass is 10.0. The fourth-order valence-electron chi connectivity index (χ4n) is 1.86. The number of aromatic nitrogens is 1. The quantitative estimate of drug-likeness (QED) is 0.746. The van der Waals surface area contributed by atoms with Crippen molar-refractivity contribution >= 4 is 39.3 Å². The Labute approximate surface area is 137 Å². The highest BCUT2D eigenvalue weighted by Crippen LogP contribution is 2.40. The maximum Gasteiger partial charge on any atom is 0.0967 e. The highest BCUT2D eigenvalue weighted by Gasteiger charge is 2.22. The minimum atomic E-state index is 0.0327. The third kappa shape index (κ3) is 3.98. The summed E-state index contributed by atoms with van der Waals surface area (Å²) in [5.74, 6) is 0. The normalized spacial score (nSPS) is 14.0. The van der Waals surface area contributed by atoms with Gasteiger partial charge in [0.15, 0.2) is 0 Å². The highest BCUT2D eigenvalue weighted by atomic mass is 79.9. The van der Waals surface area contributed by atoms with Gasteiger partial charge in [0.1, 0.15) is 0 Å². The van der Waals surface area contributed by atoms with Crippen LogP contribution in [-0.2, 0) is 0 Å². The lowest BCUT2D eigenvalue weighted by molar-refractivity contribution is 0.633. The fourth-order valence-corrected chi connectivity index (χ4v) is 3.64. The maximum atomic E-state index is 6.31. The van der Waals surface area contributed by atoms with Crippen molar-refractivity contribution in [3.8, 4) is 0 Å². The van der Waals surface area contributed by atoms with Gasteiger partial charge in [-0.2, -0.15) is 0 Å². The predicted octanol–water partition coefficient (Wildman–Crippen LogP) is 5.07. The van der Waals surface area contributed by atoms with E-state index in [4.69, 9.17) is 17.3 Å². The first kappa shape index (κ1) is 15.8. The van der Waals surface area contributed by atoms with E-state index in [0.29, 0.717) is 0 Å². The smallest absolute Gasteiger partial charge is 0.0967 e. The Balaban J connectivity index is 2.29. The molecule has 2 N–H and O–H groups in total. The first-order valence-electron chi connectivity index (χ1n) is 6.40. The molecule has 2 unspecified atom stereocenters. The molecule has 2 atom stereocenters. The van der Waals surface area contributed by atoms with Gasteiger partial charge in [-0.1, -0.05) is 48.5 Å². The van der Waals surface area contributed by atoms with E-state index in [1.165, 1.54) is 0 Å². The van der Waals surface area contributed by atoms with Crippen molar-refractivity contribution in [2.75, 3.05) is 0 Å². The fraction of sp³-hybridized carbons (Fsp3) is 0.267. The summed E-state index contributed by atoms with van der Waals surface area (Å²) < 4.78 is 0.968. The summed E-state index contributed by atoms with van der Waals surface area (Å²) in [4.78, 5) is 4.41. The number of benzene rings is 1. The summed E-state index contributed by atoms with van der Waals surface area (Å²) in [5.41, 5.74) is 7.35. The van der Waals surface area contributed by atoms with E-state index in [1.54, 1.807) is 18.0 Å². The van der Waals surface area contributed by atoms with Crippen molar-refractivity contribution in [1.82, 2.24) is 4.98 Å². The zero-order valence-electron chi connectivity index (χ0n) is 11.1. The molecular formula is C15H16BrClN2S. The molecule has 0 aliphatic rings. The summed E-state index contributed by atoms with van der Waals surface area (Å²) in [7, 11) is 0. The van der Waals surface area contributed by atoms with Crippen molar-refractivity contribution in [2.45, 2.75) is 29.7 Å². The Kier molecular flexibility index (Phi) is 5.90. The molecule has 2 nitrogen and oxygen atoms in total. The van der Waals surface area contributed by atoms with Gasteiger partial charge in [0.2, 0.25) is 0 Å². The molecular weight excluding hydrogens is 356 g/mol. The van der Waals surface area contributed by atoms with Crippen LogP contribution in [0.1, 0.15) is 24.2 Å². The molecule has 0 aliphatic carbocycles. The number of halogens is 2. The molecule has 20 heavy (non-hydrogen) atoms. The van der Waals surface area contributed by atoms with Crippen LogP contribution in [0, 0.1) is 0 Å². The molecule has 0 spiro atoms. The van der Waals surface area contributed by atoms with Gasteiger partial charge < -0.3 is 5.73 Å². The van der Waals surface area contributed by atoms with Crippen molar-refractivity contribution in [2.24, 2.45) is 5.73 Å². The third-order valence-corrected chi connectivity index (χ3v) is 5.17. The first-order chi connectivity index (χ1) is 9.61. The number of thioether (sulfide) groups is 1. The SMILES string of the molecule is CCC(N)C(Sc1ccc(Br)cn1)c1ccccc1Cl. The second kappa shape index (κ2) is 7.46. The van der Waals surface area contributed by atoms with Crippen LogP contribution in [0.4, 0.5) is 0 Å². The molecule has 5 heteroatoms. The number of nitrogens with two attached hydrogens (primary N) is 1. The third-order valence-electron chi connectivity index (χ3n) is 3.02. The van der Waals surface area contributed by atoms with Crippen molar-refractivity contribution in [3.05, 3.63) is 57.7 Å². The second-order valence-corrected chi connectivity index (χ2v) is 6.93. The number of hydrogen-bond donors (Lipinski definition) is 1. The van der Waals surface area contributed by atoms with Crippen LogP contribution in [0.3, 0.4) is 0 Å². The van der Waals surface area contributed by atoms with Crippen molar-refractivity contribution in [3.63, 3.8) is 0 Å². The molecule has 0 amide bonds. The van der Waals surface area contributed by atoms with Gasteiger partial charge in [0.25, 0.3) is 0 Å². The minimum Gasteiger partial charge on any atom is -0.326 e. The van der Waals surface area contributed by atoms with Gasteiger partial charge in [0.05, 0.1) is 10.3 Å². The Hall–Kier alpha value is -0.550. The van der Waals surface area contributed by atoms with Gasteiger partial charge >= 0.3 is 0 Å². The summed E-state index contributed by atoms with van der Waals surface area (Å²) in [6.45, 7) is 2.09. The average molecular weight is 372 g/mol. The first-order valence-corrected chi connectivity index (χ1v) is 8.45. The summed E-state index contributed by atoms with van der Waals surface area (Å²) in [5, 5.41) is 1.80. The van der Waals surface area contributed by atoms with Crippen LogP contribution >= 0.6 is 39.3 Å². The molecule has 0 saturated heterocycles. The Morgan fingerprint density at radius 1 is 1.30 bits per heavy atom. The molecule has 2 rings (SSSR count). The van der Waals surface area contributed by atoms with E-state index in [1.807, 2.05) is 36.4 Å². The molecule has 1 aromatic heterocycles. The van der Waals surface area contributed by atoms with Gasteiger partial charge in [0, 0.05) is 21.7 Å².